The lowest BCUT2D eigenvalue weighted by Crippen LogP contribution is -2.45. The number of piperidine rings is 1. The predicted octanol–water partition coefficient (Wildman–Crippen LogP) is 2.96. The number of carbonyl (C=O) groups is 1. The van der Waals surface area contributed by atoms with Crippen LogP contribution in [0.25, 0.3) is 0 Å². The zero-order valence-electron chi connectivity index (χ0n) is 15.7. The molecule has 0 aromatic carbocycles. The third-order valence-electron chi connectivity index (χ3n) is 4.70. The summed E-state index contributed by atoms with van der Waals surface area (Å²) in [6, 6.07) is 5.96. The molecule has 1 fully saturated rings. The molecule has 3 rings (SSSR count). The first kappa shape index (κ1) is 19.9. The minimum absolute atomic E-state index is 0.00623. The van der Waals surface area contributed by atoms with Crippen molar-refractivity contribution in [1.29, 1.82) is 0 Å². The number of hydrogen-bond acceptors (Lipinski definition) is 5. The quantitative estimate of drug-likeness (QED) is 0.866. The average Bonchev–Trinajstić information content (AvgIpc) is 2.68. The van der Waals surface area contributed by atoms with E-state index in [1.54, 1.807) is 18.3 Å². The van der Waals surface area contributed by atoms with Crippen LogP contribution in [0.2, 0.25) is 0 Å². The van der Waals surface area contributed by atoms with Crippen LogP contribution < -0.4 is 15.1 Å². The Morgan fingerprint density at radius 2 is 1.82 bits per heavy atom. The normalized spacial score (nSPS) is 15.4. The number of rotatable bonds is 4. The molecule has 1 N–H and O–H groups in total. The van der Waals surface area contributed by atoms with Gasteiger partial charge in [0, 0.05) is 45.6 Å². The molecule has 9 heteroatoms. The standard InChI is InChI=1S/C19H22F3N5O/c1-26(2)16-5-3-13(11-23-16)18(28)25-15-7-9-27(10-8-15)17-6-4-14(12-24-17)19(20,21)22/h3-6,11-12,15H,7-10H2,1-2H3,(H,25,28). The van der Waals surface area contributed by atoms with E-state index < -0.39 is 11.7 Å². The minimum Gasteiger partial charge on any atom is -0.363 e. The van der Waals surface area contributed by atoms with Crippen molar-refractivity contribution in [3.05, 3.63) is 47.8 Å². The summed E-state index contributed by atoms with van der Waals surface area (Å²) >= 11 is 0. The van der Waals surface area contributed by atoms with Gasteiger partial charge in [-0.3, -0.25) is 4.79 Å². The fourth-order valence-electron chi connectivity index (χ4n) is 3.05. The molecule has 0 aliphatic carbocycles. The summed E-state index contributed by atoms with van der Waals surface area (Å²) in [6.07, 6.45) is -0.600. The average molecular weight is 393 g/mol. The fraction of sp³-hybridized carbons (Fsp3) is 0.421. The van der Waals surface area contributed by atoms with E-state index in [0.717, 1.165) is 18.1 Å². The van der Waals surface area contributed by atoms with Gasteiger partial charge < -0.3 is 15.1 Å². The molecule has 3 heterocycles. The van der Waals surface area contributed by atoms with Gasteiger partial charge in [-0.2, -0.15) is 13.2 Å². The maximum atomic E-state index is 12.6. The van der Waals surface area contributed by atoms with Gasteiger partial charge in [-0.25, -0.2) is 9.97 Å². The van der Waals surface area contributed by atoms with Crippen LogP contribution in [0.4, 0.5) is 24.8 Å². The van der Waals surface area contributed by atoms with Gasteiger partial charge in [-0.05, 0) is 37.1 Å². The van der Waals surface area contributed by atoms with Crippen molar-refractivity contribution in [1.82, 2.24) is 15.3 Å². The Morgan fingerprint density at radius 3 is 2.32 bits per heavy atom. The maximum Gasteiger partial charge on any atom is 0.417 e. The second-order valence-corrected chi connectivity index (χ2v) is 6.94. The van der Waals surface area contributed by atoms with E-state index in [-0.39, 0.29) is 11.9 Å². The molecule has 0 spiro atoms. The molecular formula is C19H22F3N5O. The summed E-state index contributed by atoms with van der Waals surface area (Å²) in [6.45, 7) is 1.22. The molecule has 1 aliphatic heterocycles. The van der Waals surface area contributed by atoms with Crippen molar-refractivity contribution in [2.24, 2.45) is 0 Å². The third kappa shape index (κ3) is 4.71. The SMILES string of the molecule is CN(C)c1ccc(C(=O)NC2CCN(c3ccc(C(F)(F)F)cn3)CC2)cn1. The third-order valence-corrected chi connectivity index (χ3v) is 4.70. The molecule has 0 radical (unpaired) electrons. The van der Waals surface area contributed by atoms with Gasteiger partial charge in [-0.1, -0.05) is 0 Å². The Bertz CT molecular complexity index is 798. The zero-order chi connectivity index (χ0) is 20.3. The number of nitrogens with one attached hydrogen (secondary N) is 1. The Balaban J connectivity index is 1.53. The minimum atomic E-state index is -4.39. The van der Waals surface area contributed by atoms with Crippen molar-refractivity contribution in [2.45, 2.75) is 25.1 Å². The zero-order valence-corrected chi connectivity index (χ0v) is 15.7. The van der Waals surface area contributed by atoms with Crippen LogP contribution in [-0.2, 0) is 6.18 Å². The van der Waals surface area contributed by atoms with Gasteiger partial charge in [0.05, 0.1) is 11.1 Å². The number of carbonyl (C=O) groups excluding carboxylic acids is 1. The summed E-state index contributed by atoms with van der Waals surface area (Å²) < 4.78 is 37.9. The van der Waals surface area contributed by atoms with Crippen molar-refractivity contribution in [3.8, 4) is 0 Å². The summed E-state index contributed by atoms with van der Waals surface area (Å²) in [4.78, 5) is 24.3. The van der Waals surface area contributed by atoms with Gasteiger partial charge in [0.25, 0.3) is 5.91 Å². The first-order valence-electron chi connectivity index (χ1n) is 8.96. The van der Waals surface area contributed by atoms with Crippen LogP contribution in [0.3, 0.4) is 0 Å². The monoisotopic (exact) mass is 393 g/mol. The Morgan fingerprint density at radius 1 is 1.11 bits per heavy atom. The van der Waals surface area contributed by atoms with Crippen molar-refractivity contribution >= 4 is 17.5 Å². The maximum absolute atomic E-state index is 12.6. The van der Waals surface area contributed by atoms with Crippen molar-refractivity contribution in [2.75, 3.05) is 37.0 Å². The highest BCUT2D eigenvalue weighted by Gasteiger charge is 2.31. The molecule has 0 unspecified atom stereocenters. The van der Waals surface area contributed by atoms with Crippen LogP contribution in [0.1, 0.15) is 28.8 Å². The van der Waals surface area contributed by atoms with E-state index in [2.05, 4.69) is 15.3 Å². The van der Waals surface area contributed by atoms with Crippen LogP contribution in [0.15, 0.2) is 36.7 Å². The lowest BCUT2D eigenvalue weighted by molar-refractivity contribution is -0.137. The second kappa shape index (κ2) is 8.04. The van der Waals surface area contributed by atoms with Crippen molar-refractivity contribution in [3.63, 3.8) is 0 Å². The number of nitrogens with zero attached hydrogens (tertiary/aromatic N) is 4. The predicted molar refractivity (Wildman–Crippen MR) is 101 cm³/mol. The summed E-state index contributed by atoms with van der Waals surface area (Å²) in [7, 11) is 3.75. The largest absolute Gasteiger partial charge is 0.417 e. The van der Waals surface area contributed by atoms with E-state index >= 15 is 0 Å². The van der Waals surface area contributed by atoms with Crippen LogP contribution in [0, 0.1) is 0 Å². The van der Waals surface area contributed by atoms with Crippen LogP contribution in [-0.4, -0.2) is 49.1 Å². The molecule has 0 saturated carbocycles. The molecule has 28 heavy (non-hydrogen) atoms. The molecule has 0 atom stereocenters. The highest BCUT2D eigenvalue weighted by Crippen LogP contribution is 2.29. The molecule has 0 bridgehead atoms. The number of pyridine rings is 2. The van der Waals surface area contributed by atoms with Gasteiger partial charge in [0.15, 0.2) is 0 Å². The topological polar surface area (TPSA) is 61.4 Å². The number of aromatic nitrogens is 2. The van der Waals surface area contributed by atoms with E-state index in [9.17, 15) is 18.0 Å². The summed E-state index contributed by atoms with van der Waals surface area (Å²) in [5.74, 6) is 1.11. The highest BCUT2D eigenvalue weighted by molar-refractivity contribution is 5.94. The smallest absolute Gasteiger partial charge is 0.363 e. The number of amides is 1. The lowest BCUT2D eigenvalue weighted by Gasteiger charge is -2.33. The van der Waals surface area contributed by atoms with E-state index in [1.165, 1.54) is 6.07 Å². The molecule has 1 saturated heterocycles. The van der Waals surface area contributed by atoms with Gasteiger partial charge in [0.2, 0.25) is 0 Å². The molecular weight excluding hydrogens is 371 g/mol. The fourth-order valence-corrected chi connectivity index (χ4v) is 3.05. The first-order valence-corrected chi connectivity index (χ1v) is 8.96. The molecule has 2 aromatic heterocycles. The van der Waals surface area contributed by atoms with Gasteiger partial charge in [0.1, 0.15) is 11.6 Å². The molecule has 1 amide bonds. The van der Waals surface area contributed by atoms with E-state index in [0.29, 0.717) is 37.3 Å². The van der Waals surface area contributed by atoms with Gasteiger partial charge >= 0.3 is 6.18 Å². The second-order valence-electron chi connectivity index (χ2n) is 6.94. The Kier molecular flexibility index (Phi) is 5.71. The number of alkyl halides is 3. The van der Waals surface area contributed by atoms with Crippen LogP contribution >= 0.6 is 0 Å². The molecule has 2 aromatic rings. The summed E-state index contributed by atoms with van der Waals surface area (Å²) in [5, 5.41) is 3.00. The van der Waals surface area contributed by atoms with E-state index in [1.807, 2.05) is 23.9 Å². The van der Waals surface area contributed by atoms with Gasteiger partial charge in [-0.15, -0.1) is 0 Å². The van der Waals surface area contributed by atoms with Crippen molar-refractivity contribution < 1.29 is 18.0 Å². The number of halogens is 3. The Hall–Kier alpha value is -2.84. The molecule has 1 aliphatic rings. The Labute approximate surface area is 161 Å². The first-order chi connectivity index (χ1) is 13.2. The number of anilines is 2. The van der Waals surface area contributed by atoms with Crippen LogP contribution in [0.5, 0.6) is 0 Å². The molecule has 150 valence electrons. The number of hydrogen-bond donors (Lipinski definition) is 1. The lowest BCUT2D eigenvalue weighted by atomic mass is 10.0. The molecule has 6 nitrogen and oxygen atoms in total. The van der Waals surface area contributed by atoms with E-state index in [4.69, 9.17) is 0 Å². The highest BCUT2D eigenvalue weighted by atomic mass is 19.4. The summed E-state index contributed by atoms with van der Waals surface area (Å²) in [5.41, 5.74) is -0.260.